The molecule has 3 nitrogen and oxygen atoms in total. The summed E-state index contributed by atoms with van der Waals surface area (Å²) in [5.41, 5.74) is 0. The summed E-state index contributed by atoms with van der Waals surface area (Å²) in [6.07, 6.45) is 1.72. The topological polar surface area (TPSA) is 26.3 Å². The Morgan fingerprint density at radius 3 is 2.36 bits per heavy atom. The highest BCUT2D eigenvalue weighted by molar-refractivity contribution is 8.12. The summed E-state index contributed by atoms with van der Waals surface area (Å²) in [4.78, 5) is 10.6. The van der Waals surface area contributed by atoms with Gasteiger partial charge >= 0.3 is 5.30 Å². The lowest BCUT2D eigenvalue weighted by Crippen LogP contribution is -2.37. The first kappa shape index (κ1) is 10.8. The number of likely N-dealkylation sites (N-methyl/N-ethyl adjacent to an activating group) is 1. The van der Waals surface area contributed by atoms with E-state index in [-0.39, 0.29) is 5.30 Å². The number of thioether (sulfide) groups is 1. The van der Waals surface area contributed by atoms with Gasteiger partial charge in [-0.15, -0.1) is 0 Å². The largest absolute Gasteiger partial charge is 0.452 e. The van der Waals surface area contributed by atoms with E-state index in [1.807, 2.05) is 0 Å². The zero-order valence-corrected chi connectivity index (χ0v) is 8.40. The van der Waals surface area contributed by atoms with Crippen LogP contribution >= 0.6 is 11.8 Å². The van der Waals surface area contributed by atoms with Gasteiger partial charge in [0.1, 0.15) is 13.2 Å². The van der Waals surface area contributed by atoms with E-state index in [1.165, 1.54) is 0 Å². The van der Waals surface area contributed by atoms with Gasteiger partial charge in [0.2, 0.25) is 0 Å². The highest BCUT2D eigenvalue weighted by Gasteiger charge is 2.07. The standard InChI is InChI=1S/C7H16NO2S/c1-8(2,3)5-6-10-7(9)11-4/h5-6H2,1-4H3/q+1. The molecule has 0 unspecified atom stereocenters. The molecule has 0 atom stereocenters. The molecule has 0 radical (unpaired) electrons. The molecule has 0 fully saturated rings. The van der Waals surface area contributed by atoms with Crippen LogP contribution in [0.1, 0.15) is 0 Å². The van der Waals surface area contributed by atoms with Crippen molar-refractivity contribution in [3.8, 4) is 0 Å². The summed E-state index contributed by atoms with van der Waals surface area (Å²) in [6, 6.07) is 0. The first-order chi connectivity index (χ1) is 4.95. The normalized spacial score (nSPS) is 11.3. The Kier molecular flexibility index (Phi) is 4.52. The van der Waals surface area contributed by atoms with Crippen LogP contribution in [0.25, 0.3) is 0 Å². The molecule has 0 bridgehead atoms. The minimum atomic E-state index is -0.196. The van der Waals surface area contributed by atoms with Crippen LogP contribution in [0.4, 0.5) is 4.79 Å². The van der Waals surface area contributed by atoms with Crippen molar-refractivity contribution in [3.05, 3.63) is 0 Å². The Morgan fingerprint density at radius 1 is 1.45 bits per heavy atom. The van der Waals surface area contributed by atoms with Gasteiger partial charge in [-0.1, -0.05) is 0 Å². The highest BCUT2D eigenvalue weighted by Crippen LogP contribution is 1.99. The van der Waals surface area contributed by atoms with E-state index in [0.29, 0.717) is 6.61 Å². The summed E-state index contributed by atoms with van der Waals surface area (Å²) < 4.78 is 5.70. The van der Waals surface area contributed by atoms with E-state index < -0.39 is 0 Å². The minimum absolute atomic E-state index is 0.196. The van der Waals surface area contributed by atoms with Crippen LogP contribution in [0.5, 0.6) is 0 Å². The smallest absolute Gasteiger partial charge is 0.367 e. The average Bonchev–Trinajstić information content (AvgIpc) is 1.85. The molecule has 0 aliphatic carbocycles. The van der Waals surface area contributed by atoms with Gasteiger partial charge in [-0.05, 0) is 18.0 Å². The van der Waals surface area contributed by atoms with Crippen LogP contribution in [0.15, 0.2) is 0 Å². The number of hydrogen-bond acceptors (Lipinski definition) is 3. The van der Waals surface area contributed by atoms with Crippen LogP contribution in [0.2, 0.25) is 0 Å². The SMILES string of the molecule is CSC(=O)OCC[N+](C)(C)C. The maximum absolute atomic E-state index is 10.6. The zero-order valence-electron chi connectivity index (χ0n) is 7.59. The molecule has 0 aliphatic rings. The van der Waals surface area contributed by atoms with Gasteiger partial charge in [0.05, 0.1) is 21.1 Å². The molecule has 11 heavy (non-hydrogen) atoms. The second-order valence-electron chi connectivity index (χ2n) is 3.32. The first-order valence-electron chi connectivity index (χ1n) is 3.47. The summed E-state index contributed by atoms with van der Waals surface area (Å²) in [5.74, 6) is 0. The van der Waals surface area contributed by atoms with E-state index in [4.69, 9.17) is 4.74 Å². The maximum atomic E-state index is 10.6. The van der Waals surface area contributed by atoms with E-state index in [2.05, 4.69) is 21.1 Å². The second-order valence-corrected chi connectivity index (χ2v) is 4.06. The Balaban J connectivity index is 3.35. The van der Waals surface area contributed by atoms with Crippen molar-refractivity contribution in [1.82, 2.24) is 0 Å². The summed E-state index contributed by atoms with van der Waals surface area (Å²) >= 11 is 1.11. The Morgan fingerprint density at radius 2 is 2.00 bits per heavy atom. The number of carbonyl (C=O) groups excluding carboxylic acids is 1. The van der Waals surface area contributed by atoms with Gasteiger partial charge in [0.15, 0.2) is 0 Å². The van der Waals surface area contributed by atoms with Crippen LogP contribution in [-0.4, -0.2) is 50.3 Å². The molecule has 0 N–H and O–H groups in total. The van der Waals surface area contributed by atoms with Crippen LogP contribution in [0, 0.1) is 0 Å². The van der Waals surface area contributed by atoms with E-state index in [1.54, 1.807) is 6.26 Å². The van der Waals surface area contributed by atoms with Gasteiger partial charge < -0.3 is 9.22 Å². The van der Waals surface area contributed by atoms with Gasteiger partial charge in [-0.3, -0.25) is 0 Å². The number of carbonyl (C=O) groups is 1. The third-order valence-electron chi connectivity index (χ3n) is 1.15. The number of nitrogens with zero attached hydrogens (tertiary/aromatic N) is 1. The number of ether oxygens (including phenoxy) is 1. The zero-order chi connectivity index (χ0) is 8.91. The van der Waals surface area contributed by atoms with E-state index in [9.17, 15) is 4.79 Å². The molecule has 0 amide bonds. The number of hydrogen-bond donors (Lipinski definition) is 0. The van der Waals surface area contributed by atoms with Gasteiger partial charge in [-0.25, -0.2) is 4.79 Å². The number of rotatable bonds is 3. The molecule has 0 aromatic rings. The van der Waals surface area contributed by atoms with Crippen molar-refractivity contribution < 1.29 is 14.0 Å². The predicted molar refractivity (Wildman–Crippen MR) is 47.8 cm³/mol. The lowest BCUT2D eigenvalue weighted by atomic mass is 10.5. The van der Waals surface area contributed by atoms with Crippen molar-refractivity contribution in [1.29, 1.82) is 0 Å². The Labute approximate surface area is 72.3 Å². The number of quaternary nitrogens is 1. The Hall–Kier alpha value is -0.220. The van der Waals surface area contributed by atoms with E-state index >= 15 is 0 Å². The predicted octanol–water partition coefficient (Wildman–Crippen LogP) is 1.19. The fraction of sp³-hybridized carbons (Fsp3) is 0.857. The van der Waals surface area contributed by atoms with Gasteiger partial charge in [0.25, 0.3) is 0 Å². The van der Waals surface area contributed by atoms with Gasteiger partial charge in [-0.2, -0.15) is 0 Å². The third kappa shape index (κ3) is 7.68. The molecular formula is C7H16NO2S+. The lowest BCUT2D eigenvalue weighted by Gasteiger charge is -2.23. The minimum Gasteiger partial charge on any atom is -0.452 e. The van der Waals surface area contributed by atoms with Crippen molar-refractivity contribution in [2.45, 2.75) is 0 Å². The van der Waals surface area contributed by atoms with Crippen molar-refractivity contribution in [2.24, 2.45) is 0 Å². The highest BCUT2D eigenvalue weighted by atomic mass is 32.2. The molecule has 0 saturated carbocycles. The summed E-state index contributed by atoms with van der Waals surface area (Å²) in [5, 5.41) is -0.196. The fourth-order valence-corrected chi connectivity index (χ4v) is 0.663. The molecule has 0 saturated heterocycles. The summed E-state index contributed by atoms with van der Waals surface area (Å²) in [7, 11) is 6.19. The average molecular weight is 178 g/mol. The molecule has 0 rings (SSSR count). The van der Waals surface area contributed by atoms with E-state index in [0.717, 1.165) is 22.8 Å². The monoisotopic (exact) mass is 178 g/mol. The van der Waals surface area contributed by atoms with Crippen LogP contribution in [0.3, 0.4) is 0 Å². The lowest BCUT2D eigenvalue weighted by molar-refractivity contribution is -0.870. The van der Waals surface area contributed by atoms with Crippen molar-refractivity contribution >= 4 is 17.1 Å². The molecule has 0 aromatic carbocycles. The van der Waals surface area contributed by atoms with Crippen LogP contribution in [-0.2, 0) is 4.74 Å². The van der Waals surface area contributed by atoms with Crippen molar-refractivity contribution in [3.63, 3.8) is 0 Å². The molecule has 0 aliphatic heterocycles. The molecule has 4 heteroatoms. The summed E-state index contributed by atoms with van der Waals surface area (Å²) in [6.45, 7) is 1.36. The quantitative estimate of drug-likeness (QED) is 0.480. The second kappa shape index (κ2) is 4.62. The molecule has 0 heterocycles. The molecule has 0 spiro atoms. The fourth-order valence-electron chi connectivity index (χ4n) is 0.462. The van der Waals surface area contributed by atoms with Gasteiger partial charge in [0, 0.05) is 0 Å². The Bertz CT molecular complexity index is 131. The van der Waals surface area contributed by atoms with Crippen molar-refractivity contribution in [2.75, 3.05) is 40.6 Å². The molecule has 0 aromatic heterocycles. The van der Waals surface area contributed by atoms with Crippen LogP contribution < -0.4 is 0 Å². The maximum Gasteiger partial charge on any atom is 0.367 e. The third-order valence-corrected chi connectivity index (χ3v) is 1.60. The first-order valence-corrected chi connectivity index (χ1v) is 4.69. The molecule has 66 valence electrons. The molecular weight excluding hydrogens is 162 g/mol.